The number of carbonyl (C=O) groups is 1. The number of rotatable bonds is 8. The van der Waals surface area contributed by atoms with Crippen molar-refractivity contribution < 1.29 is 4.79 Å². The van der Waals surface area contributed by atoms with E-state index in [1.807, 2.05) is 74.8 Å². The van der Waals surface area contributed by atoms with Crippen LogP contribution in [-0.2, 0) is 4.79 Å². The van der Waals surface area contributed by atoms with Gasteiger partial charge in [0.2, 0.25) is 0 Å². The standard InChI is InChI=1S/C19H24N2O/c1-20-13-17(15-9-5-3-6-10-15)19(22)18(14-21-2)16-11-7-4-8-12-16/h3-12,17-18,20-21H,13-14H2,1-2H3/t17-,18-/m1/s1. The van der Waals surface area contributed by atoms with Crippen LogP contribution >= 0.6 is 0 Å². The van der Waals surface area contributed by atoms with Gasteiger partial charge in [0.05, 0.1) is 11.8 Å². The molecular formula is C19H24N2O. The van der Waals surface area contributed by atoms with Crippen molar-refractivity contribution in [2.75, 3.05) is 27.2 Å². The zero-order valence-corrected chi connectivity index (χ0v) is 13.3. The first-order valence-corrected chi connectivity index (χ1v) is 7.70. The number of carbonyl (C=O) groups excluding carboxylic acids is 1. The van der Waals surface area contributed by atoms with Gasteiger partial charge < -0.3 is 10.6 Å². The summed E-state index contributed by atoms with van der Waals surface area (Å²) in [6.07, 6.45) is 0. The zero-order valence-electron chi connectivity index (χ0n) is 13.3. The molecule has 2 aromatic rings. The average molecular weight is 296 g/mol. The number of likely N-dealkylation sites (N-methyl/N-ethyl adjacent to an activating group) is 2. The van der Waals surface area contributed by atoms with Crippen molar-refractivity contribution >= 4 is 5.78 Å². The Morgan fingerprint density at radius 1 is 0.773 bits per heavy atom. The molecule has 3 heteroatoms. The fourth-order valence-electron chi connectivity index (χ4n) is 2.79. The van der Waals surface area contributed by atoms with Crippen LogP contribution in [0.1, 0.15) is 23.0 Å². The molecule has 0 amide bonds. The van der Waals surface area contributed by atoms with E-state index in [2.05, 4.69) is 10.6 Å². The summed E-state index contributed by atoms with van der Waals surface area (Å²) >= 11 is 0. The van der Waals surface area contributed by atoms with Crippen LogP contribution in [0.2, 0.25) is 0 Å². The predicted molar refractivity (Wildman–Crippen MR) is 91.2 cm³/mol. The molecule has 0 heterocycles. The fraction of sp³-hybridized carbons (Fsp3) is 0.316. The molecule has 0 aliphatic rings. The lowest BCUT2D eigenvalue weighted by atomic mass is 9.83. The summed E-state index contributed by atoms with van der Waals surface area (Å²) < 4.78 is 0. The van der Waals surface area contributed by atoms with Crippen LogP contribution < -0.4 is 10.6 Å². The van der Waals surface area contributed by atoms with E-state index in [4.69, 9.17) is 0 Å². The van der Waals surface area contributed by atoms with E-state index in [9.17, 15) is 4.79 Å². The SMILES string of the molecule is CNC[C@@H](C(=O)[C@H](CNC)c1ccccc1)c1ccccc1. The van der Waals surface area contributed by atoms with Gasteiger partial charge in [0.15, 0.2) is 0 Å². The summed E-state index contributed by atoms with van der Waals surface area (Å²) in [5.74, 6) is -0.0180. The monoisotopic (exact) mass is 296 g/mol. The van der Waals surface area contributed by atoms with E-state index in [1.54, 1.807) is 0 Å². The van der Waals surface area contributed by atoms with E-state index >= 15 is 0 Å². The smallest absolute Gasteiger partial charge is 0.150 e. The molecule has 2 aromatic carbocycles. The third-order valence-corrected chi connectivity index (χ3v) is 3.91. The molecular weight excluding hydrogens is 272 g/mol. The van der Waals surface area contributed by atoms with Crippen molar-refractivity contribution in [2.45, 2.75) is 11.8 Å². The Balaban J connectivity index is 2.30. The highest BCUT2D eigenvalue weighted by molar-refractivity contribution is 5.92. The van der Waals surface area contributed by atoms with Gasteiger partial charge in [-0.1, -0.05) is 60.7 Å². The van der Waals surface area contributed by atoms with Crippen molar-refractivity contribution in [1.29, 1.82) is 0 Å². The van der Waals surface area contributed by atoms with Crippen molar-refractivity contribution in [3.8, 4) is 0 Å². The second-order valence-corrected chi connectivity index (χ2v) is 5.44. The number of ketones is 1. The fourth-order valence-corrected chi connectivity index (χ4v) is 2.79. The average Bonchev–Trinajstić information content (AvgIpc) is 2.58. The number of benzene rings is 2. The Bertz CT molecular complexity index is 517. The molecule has 3 nitrogen and oxygen atoms in total. The molecule has 0 aliphatic carbocycles. The van der Waals surface area contributed by atoms with Crippen molar-refractivity contribution in [3.63, 3.8) is 0 Å². The van der Waals surface area contributed by atoms with Gasteiger partial charge in [0.25, 0.3) is 0 Å². The van der Waals surface area contributed by atoms with Gasteiger partial charge in [-0.3, -0.25) is 4.79 Å². The Kier molecular flexibility index (Phi) is 6.31. The molecule has 0 fully saturated rings. The Labute approximate surface area is 132 Å². The Morgan fingerprint density at radius 3 is 1.45 bits per heavy atom. The molecule has 116 valence electrons. The van der Waals surface area contributed by atoms with Crippen LogP contribution in [0.3, 0.4) is 0 Å². The minimum absolute atomic E-state index is 0.134. The van der Waals surface area contributed by atoms with Gasteiger partial charge in [0.1, 0.15) is 5.78 Å². The first kappa shape index (κ1) is 16.4. The summed E-state index contributed by atoms with van der Waals surface area (Å²) in [5, 5.41) is 6.31. The molecule has 22 heavy (non-hydrogen) atoms. The largest absolute Gasteiger partial charge is 0.319 e. The molecule has 0 saturated heterocycles. The molecule has 0 saturated carbocycles. The van der Waals surface area contributed by atoms with Crippen molar-refractivity contribution in [1.82, 2.24) is 10.6 Å². The van der Waals surface area contributed by atoms with Crippen LogP contribution in [-0.4, -0.2) is 33.0 Å². The van der Waals surface area contributed by atoms with E-state index in [0.29, 0.717) is 13.1 Å². The molecule has 0 unspecified atom stereocenters. The maximum atomic E-state index is 13.1. The second kappa shape index (κ2) is 8.47. The minimum Gasteiger partial charge on any atom is -0.319 e. The van der Waals surface area contributed by atoms with Crippen LogP contribution in [0.5, 0.6) is 0 Å². The molecule has 2 rings (SSSR count). The number of Topliss-reactive ketones (excluding diaryl/α,β-unsaturated/α-hetero) is 1. The van der Waals surface area contributed by atoms with Gasteiger partial charge in [-0.25, -0.2) is 0 Å². The number of nitrogens with one attached hydrogen (secondary N) is 2. The van der Waals surface area contributed by atoms with Crippen LogP contribution in [0.4, 0.5) is 0 Å². The highest BCUT2D eigenvalue weighted by Crippen LogP contribution is 2.26. The second-order valence-electron chi connectivity index (χ2n) is 5.44. The normalized spacial score (nSPS) is 13.5. The van der Waals surface area contributed by atoms with Crippen LogP contribution in [0.25, 0.3) is 0 Å². The minimum atomic E-state index is -0.134. The summed E-state index contributed by atoms with van der Waals surface area (Å²) in [6.45, 7) is 1.30. The summed E-state index contributed by atoms with van der Waals surface area (Å²) in [4.78, 5) is 13.1. The van der Waals surface area contributed by atoms with E-state index in [1.165, 1.54) is 0 Å². The van der Waals surface area contributed by atoms with Gasteiger partial charge >= 0.3 is 0 Å². The van der Waals surface area contributed by atoms with E-state index in [0.717, 1.165) is 11.1 Å². The third-order valence-electron chi connectivity index (χ3n) is 3.91. The zero-order chi connectivity index (χ0) is 15.8. The maximum absolute atomic E-state index is 13.1. The van der Waals surface area contributed by atoms with Crippen LogP contribution in [0, 0.1) is 0 Å². The quantitative estimate of drug-likeness (QED) is 0.786. The van der Waals surface area contributed by atoms with Crippen molar-refractivity contribution in [2.24, 2.45) is 0 Å². The van der Waals surface area contributed by atoms with E-state index < -0.39 is 0 Å². The molecule has 0 spiro atoms. The molecule has 0 aromatic heterocycles. The van der Waals surface area contributed by atoms with E-state index in [-0.39, 0.29) is 17.6 Å². The summed E-state index contributed by atoms with van der Waals surface area (Å²) in [6, 6.07) is 20.0. The van der Waals surface area contributed by atoms with Gasteiger partial charge in [-0.15, -0.1) is 0 Å². The van der Waals surface area contributed by atoms with Gasteiger partial charge in [-0.2, -0.15) is 0 Å². The third kappa shape index (κ3) is 4.03. The lowest BCUT2D eigenvalue weighted by molar-refractivity contribution is -0.121. The van der Waals surface area contributed by atoms with Crippen LogP contribution in [0.15, 0.2) is 60.7 Å². The highest BCUT2D eigenvalue weighted by atomic mass is 16.1. The molecule has 0 bridgehead atoms. The summed E-state index contributed by atoms with van der Waals surface area (Å²) in [5.41, 5.74) is 2.14. The first-order chi connectivity index (χ1) is 10.8. The Morgan fingerprint density at radius 2 is 1.14 bits per heavy atom. The van der Waals surface area contributed by atoms with Crippen molar-refractivity contribution in [3.05, 3.63) is 71.8 Å². The lowest BCUT2D eigenvalue weighted by Gasteiger charge is -2.23. The number of hydrogen-bond acceptors (Lipinski definition) is 3. The first-order valence-electron chi connectivity index (χ1n) is 7.70. The predicted octanol–water partition coefficient (Wildman–Crippen LogP) is 2.56. The topological polar surface area (TPSA) is 41.1 Å². The molecule has 2 atom stereocenters. The molecule has 0 aliphatic heterocycles. The Hall–Kier alpha value is -1.97. The maximum Gasteiger partial charge on any atom is 0.150 e. The lowest BCUT2D eigenvalue weighted by Crippen LogP contribution is -2.32. The van der Waals surface area contributed by atoms with Gasteiger partial charge in [0, 0.05) is 13.1 Å². The van der Waals surface area contributed by atoms with Gasteiger partial charge in [-0.05, 0) is 25.2 Å². The number of hydrogen-bond donors (Lipinski definition) is 2. The molecule has 2 N–H and O–H groups in total. The highest BCUT2D eigenvalue weighted by Gasteiger charge is 2.28. The molecule has 0 radical (unpaired) electrons. The summed E-state index contributed by atoms with van der Waals surface area (Å²) in [7, 11) is 3.78.